The number of hydrogen-bond donors (Lipinski definition) is 1. The van der Waals surface area contributed by atoms with E-state index in [0.29, 0.717) is 12.3 Å². The Labute approximate surface area is 116 Å². The molecule has 0 saturated heterocycles. The lowest BCUT2D eigenvalue weighted by atomic mass is 9.96. The molecule has 0 heterocycles. The van der Waals surface area contributed by atoms with Crippen LogP contribution in [0.15, 0.2) is 18.2 Å². The topological polar surface area (TPSA) is 26.0 Å². The van der Waals surface area contributed by atoms with Crippen LogP contribution in [0.3, 0.4) is 0 Å². The molecule has 0 amide bonds. The molecule has 1 atom stereocenters. The molecule has 0 aliphatic heterocycles. The predicted molar refractivity (Wildman–Crippen MR) is 69.7 cm³/mol. The molecule has 19 heavy (non-hydrogen) atoms. The number of rotatable bonds is 4. The van der Waals surface area contributed by atoms with Gasteiger partial charge in [-0.3, -0.25) is 0 Å². The summed E-state index contributed by atoms with van der Waals surface area (Å²) in [5, 5.41) is 0. The molecule has 0 unspecified atom stereocenters. The molecule has 0 aliphatic carbocycles. The van der Waals surface area contributed by atoms with Crippen LogP contribution >= 0.6 is 12.4 Å². The first kappa shape index (κ1) is 18.2. The standard InChI is InChI=1S/C13H17F4N.ClH/c1-8(2)6-7-11(18)9-4-3-5-10(12(9)14)13(15,16)17;/h3-5,8,11H,6-7,18H2,1-2H3;1H/t11-;/m1./s1. The maximum absolute atomic E-state index is 13.7. The van der Waals surface area contributed by atoms with Gasteiger partial charge in [0.25, 0.3) is 0 Å². The van der Waals surface area contributed by atoms with Crippen molar-refractivity contribution in [3.05, 3.63) is 35.1 Å². The Hall–Kier alpha value is -0.810. The quantitative estimate of drug-likeness (QED) is 0.801. The molecule has 0 spiro atoms. The maximum Gasteiger partial charge on any atom is 0.419 e. The van der Waals surface area contributed by atoms with Gasteiger partial charge in [-0.15, -0.1) is 12.4 Å². The third-order valence-corrected chi connectivity index (χ3v) is 2.79. The molecule has 6 heteroatoms. The van der Waals surface area contributed by atoms with Gasteiger partial charge < -0.3 is 5.73 Å². The molecule has 1 nitrogen and oxygen atoms in total. The summed E-state index contributed by atoms with van der Waals surface area (Å²) in [6.45, 7) is 3.96. The van der Waals surface area contributed by atoms with E-state index in [4.69, 9.17) is 5.73 Å². The Morgan fingerprint density at radius 3 is 2.21 bits per heavy atom. The molecule has 0 saturated carbocycles. The summed E-state index contributed by atoms with van der Waals surface area (Å²) in [5.74, 6) is -0.869. The van der Waals surface area contributed by atoms with E-state index in [0.717, 1.165) is 12.5 Å². The molecule has 0 radical (unpaired) electrons. The van der Waals surface area contributed by atoms with E-state index < -0.39 is 23.6 Å². The molecule has 1 aromatic carbocycles. The van der Waals surface area contributed by atoms with Gasteiger partial charge in [0, 0.05) is 11.6 Å². The van der Waals surface area contributed by atoms with Gasteiger partial charge in [-0.05, 0) is 24.8 Å². The van der Waals surface area contributed by atoms with Gasteiger partial charge in [0.05, 0.1) is 5.56 Å². The lowest BCUT2D eigenvalue weighted by Gasteiger charge is -2.17. The van der Waals surface area contributed by atoms with Crippen LogP contribution in [-0.2, 0) is 6.18 Å². The van der Waals surface area contributed by atoms with E-state index in [1.807, 2.05) is 13.8 Å². The fourth-order valence-electron chi connectivity index (χ4n) is 1.72. The van der Waals surface area contributed by atoms with Crippen molar-refractivity contribution in [1.82, 2.24) is 0 Å². The lowest BCUT2D eigenvalue weighted by Crippen LogP contribution is -2.16. The molecular weight excluding hydrogens is 282 g/mol. The van der Waals surface area contributed by atoms with E-state index in [-0.39, 0.29) is 18.0 Å². The van der Waals surface area contributed by atoms with Crippen molar-refractivity contribution in [3.63, 3.8) is 0 Å². The van der Waals surface area contributed by atoms with Crippen molar-refractivity contribution in [1.29, 1.82) is 0 Å². The lowest BCUT2D eigenvalue weighted by molar-refractivity contribution is -0.140. The van der Waals surface area contributed by atoms with Crippen molar-refractivity contribution < 1.29 is 17.6 Å². The number of nitrogens with two attached hydrogens (primary N) is 1. The van der Waals surface area contributed by atoms with Gasteiger partial charge in [0.15, 0.2) is 0 Å². The summed E-state index contributed by atoms with van der Waals surface area (Å²) < 4.78 is 51.3. The van der Waals surface area contributed by atoms with Gasteiger partial charge in [-0.25, -0.2) is 4.39 Å². The summed E-state index contributed by atoms with van der Waals surface area (Å²) in [5.41, 5.74) is 4.43. The predicted octanol–water partition coefficient (Wildman–Crippen LogP) is 4.70. The smallest absolute Gasteiger partial charge is 0.324 e. The summed E-state index contributed by atoms with van der Waals surface area (Å²) in [6.07, 6.45) is -3.47. The summed E-state index contributed by atoms with van der Waals surface area (Å²) in [6, 6.07) is 2.54. The maximum atomic E-state index is 13.7. The minimum absolute atomic E-state index is 0. The second kappa shape index (κ2) is 7.10. The van der Waals surface area contributed by atoms with Crippen molar-refractivity contribution in [2.45, 2.75) is 38.9 Å². The largest absolute Gasteiger partial charge is 0.419 e. The normalized spacial score (nSPS) is 13.3. The third kappa shape index (κ3) is 4.99. The molecule has 0 bridgehead atoms. The van der Waals surface area contributed by atoms with E-state index >= 15 is 0 Å². The Morgan fingerprint density at radius 1 is 1.16 bits per heavy atom. The van der Waals surface area contributed by atoms with Crippen molar-refractivity contribution in [2.24, 2.45) is 11.7 Å². The van der Waals surface area contributed by atoms with Gasteiger partial charge >= 0.3 is 6.18 Å². The fraction of sp³-hybridized carbons (Fsp3) is 0.538. The van der Waals surface area contributed by atoms with Gasteiger partial charge in [0.1, 0.15) is 5.82 Å². The van der Waals surface area contributed by atoms with Crippen LogP contribution in [0.25, 0.3) is 0 Å². The van der Waals surface area contributed by atoms with Crippen LogP contribution in [-0.4, -0.2) is 0 Å². The second-order valence-corrected chi connectivity index (χ2v) is 4.78. The minimum Gasteiger partial charge on any atom is -0.324 e. The monoisotopic (exact) mass is 299 g/mol. The first-order valence-corrected chi connectivity index (χ1v) is 5.84. The summed E-state index contributed by atoms with van der Waals surface area (Å²) in [4.78, 5) is 0. The molecule has 0 aliphatic rings. The second-order valence-electron chi connectivity index (χ2n) is 4.78. The highest BCUT2D eigenvalue weighted by Crippen LogP contribution is 2.34. The Balaban J connectivity index is 0.00000324. The molecule has 0 fully saturated rings. The molecule has 2 N–H and O–H groups in total. The zero-order valence-electron chi connectivity index (χ0n) is 10.8. The van der Waals surface area contributed by atoms with E-state index in [1.165, 1.54) is 12.1 Å². The summed E-state index contributed by atoms with van der Waals surface area (Å²) >= 11 is 0. The Kier molecular flexibility index (Phi) is 6.80. The zero-order chi connectivity index (χ0) is 13.9. The molecule has 110 valence electrons. The van der Waals surface area contributed by atoms with Gasteiger partial charge in [0.2, 0.25) is 0 Å². The molecular formula is C13H18ClF4N. The first-order chi connectivity index (χ1) is 8.23. The first-order valence-electron chi connectivity index (χ1n) is 5.84. The van der Waals surface area contributed by atoms with Gasteiger partial charge in [-0.2, -0.15) is 13.2 Å². The Morgan fingerprint density at radius 2 is 1.74 bits per heavy atom. The van der Waals surface area contributed by atoms with Crippen LogP contribution in [0.5, 0.6) is 0 Å². The highest BCUT2D eigenvalue weighted by molar-refractivity contribution is 5.85. The van der Waals surface area contributed by atoms with Crippen LogP contribution in [0, 0.1) is 11.7 Å². The van der Waals surface area contributed by atoms with E-state index in [9.17, 15) is 17.6 Å². The minimum atomic E-state index is -4.68. The number of alkyl halides is 3. The van der Waals surface area contributed by atoms with Crippen LogP contribution in [0.2, 0.25) is 0 Å². The number of benzene rings is 1. The fourth-order valence-corrected chi connectivity index (χ4v) is 1.72. The van der Waals surface area contributed by atoms with Crippen LogP contribution in [0.1, 0.15) is 43.9 Å². The average molecular weight is 300 g/mol. The number of hydrogen-bond acceptors (Lipinski definition) is 1. The van der Waals surface area contributed by atoms with Gasteiger partial charge in [-0.1, -0.05) is 26.0 Å². The third-order valence-electron chi connectivity index (χ3n) is 2.79. The van der Waals surface area contributed by atoms with E-state index in [1.54, 1.807) is 0 Å². The van der Waals surface area contributed by atoms with Crippen LogP contribution in [0.4, 0.5) is 17.6 Å². The number of halogens is 5. The molecule has 1 aromatic rings. The highest BCUT2D eigenvalue weighted by Gasteiger charge is 2.35. The molecule has 1 rings (SSSR count). The molecule has 0 aromatic heterocycles. The van der Waals surface area contributed by atoms with Crippen molar-refractivity contribution in [3.8, 4) is 0 Å². The van der Waals surface area contributed by atoms with Crippen molar-refractivity contribution >= 4 is 12.4 Å². The van der Waals surface area contributed by atoms with Crippen LogP contribution < -0.4 is 5.73 Å². The Bertz CT molecular complexity index is 404. The van der Waals surface area contributed by atoms with Crippen molar-refractivity contribution in [2.75, 3.05) is 0 Å². The summed E-state index contributed by atoms with van der Waals surface area (Å²) in [7, 11) is 0. The SMILES string of the molecule is CC(C)CC[C@@H](N)c1cccc(C(F)(F)F)c1F.Cl. The zero-order valence-corrected chi connectivity index (χ0v) is 11.6. The average Bonchev–Trinajstić information content (AvgIpc) is 2.24. The van der Waals surface area contributed by atoms with E-state index in [2.05, 4.69) is 0 Å². The highest BCUT2D eigenvalue weighted by atomic mass is 35.5.